The number of halogens is 3. The molecule has 0 unspecified atom stereocenters. The number of ether oxygens (including phenoxy) is 1. The van der Waals surface area contributed by atoms with E-state index in [1.165, 1.54) is 29.5 Å². The second-order valence-electron chi connectivity index (χ2n) is 8.33. The van der Waals surface area contributed by atoms with Crippen molar-refractivity contribution in [2.45, 2.75) is 38.4 Å². The molecule has 1 N–H and O–H groups in total. The van der Waals surface area contributed by atoms with Gasteiger partial charge in [0, 0.05) is 36.0 Å². The Hall–Kier alpha value is -3.69. The monoisotopic (exact) mass is 454 g/mol. The number of hydrogen-bond acceptors (Lipinski definition) is 5. The molecule has 7 nitrogen and oxygen atoms in total. The SMILES string of the molecule is CC(C)c1cccc2c1[C@H](Cn1cnc(-c3cc(-c4n[nH]nc4C(F)(F)F)ccn3)c1)CO2. The summed E-state index contributed by atoms with van der Waals surface area (Å²) in [5.41, 5.74) is 2.44. The van der Waals surface area contributed by atoms with Crippen LogP contribution in [0.25, 0.3) is 22.6 Å². The van der Waals surface area contributed by atoms with Gasteiger partial charge in [0.1, 0.15) is 17.1 Å². The summed E-state index contributed by atoms with van der Waals surface area (Å²) < 4.78 is 47.5. The van der Waals surface area contributed by atoms with E-state index >= 15 is 0 Å². The second-order valence-corrected chi connectivity index (χ2v) is 8.33. The lowest BCUT2D eigenvalue weighted by atomic mass is 9.90. The Bertz CT molecular complexity index is 1290. The van der Waals surface area contributed by atoms with Crippen molar-refractivity contribution < 1.29 is 17.9 Å². The number of benzene rings is 1. The van der Waals surface area contributed by atoms with Gasteiger partial charge in [-0.2, -0.15) is 28.6 Å². The number of nitrogens with zero attached hydrogens (tertiary/aromatic N) is 5. The lowest BCUT2D eigenvalue weighted by Crippen LogP contribution is -2.11. The van der Waals surface area contributed by atoms with Crippen LogP contribution in [0.1, 0.15) is 42.5 Å². The van der Waals surface area contributed by atoms with Crippen LogP contribution in [0.4, 0.5) is 13.2 Å². The van der Waals surface area contributed by atoms with Crippen molar-refractivity contribution in [1.29, 1.82) is 0 Å². The predicted molar refractivity (Wildman–Crippen MR) is 115 cm³/mol. The number of imidazole rings is 1. The maximum Gasteiger partial charge on any atom is 0.437 e. The molecule has 170 valence electrons. The Morgan fingerprint density at radius 1 is 1.15 bits per heavy atom. The fourth-order valence-corrected chi connectivity index (χ4v) is 4.24. The van der Waals surface area contributed by atoms with Crippen molar-refractivity contribution in [2.75, 3.05) is 6.61 Å². The highest BCUT2D eigenvalue weighted by molar-refractivity contribution is 5.67. The number of pyridine rings is 1. The topological polar surface area (TPSA) is 81.5 Å². The first-order valence-electron chi connectivity index (χ1n) is 10.5. The number of aromatic amines is 1. The minimum atomic E-state index is -4.61. The molecular weight excluding hydrogens is 433 g/mol. The highest BCUT2D eigenvalue weighted by Crippen LogP contribution is 2.40. The van der Waals surface area contributed by atoms with E-state index in [-0.39, 0.29) is 17.2 Å². The summed E-state index contributed by atoms with van der Waals surface area (Å²) in [5.74, 6) is 1.49. The summed E-state index contributed by atoms with van der Waals surface area (Å²) >= 11 is 0. The molecule has 1 aliphatic heterocycles. The van der Waals surface area contributed by atoms with E-state index in [2.05, 4.69) is 45.3 Å². The quantitative estimate of drug-likeness (QED) is 0.457. The van der Waals surface area contributed by atoms with Crippen molar-refractivity contribution in [3.05, 3.63) is 65.9 Å². The third-order valence-electron chi connectivity index (χ3n) is 5.75. The molecule has 0 fully saturated rings. The van der Waals surface area contributed by atoms with Crippen LogP contribution < -0.4 is 4.74 Å². The third kappa shape index (κ3) is 3.96. The van der Waals surface area contributed by atoms with Gasteiger partial charge in [-0.3, -0.25) is 4.98 Å². The molecular formula is C23H21F3N6O. The number of fused-ring (bicyclic) bond motifs is 1. The number of H-pyrrole nitrogens is 1. The molecule has 0 bridgehead atoms. The maximum atomic E-state index is 13.2. The zero-order chi connectivity index (χ0) is 23.2. The molecule has 5 rings (SSSR count). The van der Waals surface area contributed by atoms with Crippen LogP contribution in [-0.4, -0.2) is 36.6 Å². The average Bonchev–Trinajstić information content (AvgIpc) is 3.53. The van der Waals surface area contributed by atoms with Gasteiger partial charge < -0.3 is 9.30 Å². The lowest BCUT2D eigenvalue weighted by Gasteiger charge is -2.16. The number of alkyl halides is 3. The summed E-state index contributed by atoms with van der Waals surface area (Å²) in [7, 11) is 0. The average molecular weight is 454 g/mol. The molecule has 0 radical (unpaired) electrons. The van der Waals surface area contributed by atoms with Crippen molar-refractivity contribution in [2.24, 2.45) is 0 Å². The van der Waals surface area contributed by atoms with Crippen molar-refractivity contribution in [3.63, 3.8) is 0 Å². The summed E-state index contributed by atoms with van der Waals surface area (Å²) in [6.07, 6.45) is 0.378. The van der Waals surface area contributed by atoms with Gasteiger partial charge in [0.05, 0.1) is 18.6 Å². The zero-order valence-corrected chi connectivity index (χ0v) is 18.0. The number of nitrogens with one attached hydrogen (secondary N) is 1. The highest BCUT2D eigenvalue weighted by atomic mass is 19.4. The van der Waals surface area contributed by atoms with Gasteiger partial charge >= 0.3 is 6.18 Å². The van der Waals surface area contributed by atoms with E-state index in [1.807, 2.05) is 22.9 Å². The molecule has 0 amide bonds. The predicted octanol–water partition coefficient (Wildman–Crippen LogP) is 5.05. The molecule has 10 heteroatoms. The van der Waals surface area contributed by atoms with Crippen LogP contribution in [-0.2, 0) is 12.7 Å². The minimum absolute atomic E-state index is 0.185. The largest absolute Gasteiger partial charge is 0.493 e. The standard InChI is InChI=1S/C23H21F3N6O/c1-13(2)16-4-3-5-19-20(16)15(11-33-19)9-32-10-18(28-12-32)17-8-14(6-7-27-17)21-22(23(24,25)26)30-31-29-21/h3-8,10,12-13,15H,9,11H2,1-2H3,(H,29,30,31)/t15-/m1/s1. The fourth-order valence-electron chi connectivity index (χ4n) is 4.24. The van der Waals surface area contributed by atoms with Crippen LogP contribution in [0, 0.1) is 0 Å². The number of aromatic nitrogens is 6. The molecule has 0 saturated heterocycles. The van der Waals surface area contributed by atoms with Gasteiger partial charge in [-0.05, 0) is 29.7 Å². The molecule has 0 aliphatic carbocycles. The van der Waals surface area contributed by atoms with Gasteiger partial charge in [-0.15, -0.1) is 0 Å². The zero-order valence-electron chi connectivity index (χ0n) is 18.0. The molecule has 33 heavy (non-hydrogen) atoms. The molecule has 4 heterocycles. The van der Waals surface area contributed by atoms with Crippen molar-refractivity contribution in [3.8, 4) is 28.4 Å². The second kappa shape index (κ2) is 8.02. The summed E-state index contributed by atoms with van der Waals surface area (Å²) in [4.78, 5) is 8.72. The normalized spacial score (nSPS) is 15.6. The molecule has 0 saturated carbocycles. The molecule has 0 spiro atoms. The van der Waals surface area contributed by atoms with Gasteiger partial charge in [0.15, 0.2) is 5.69 Å². The first kappa shape index (κ1) is 21.2. The van der Waals surface area contributed by atoms with E-state index in [4.69, 9.17) is 4.74 Å². The Morgan fingerprint density at radius 3 is 2.79 bits per heavy atom. The van der Waals surface area contributed by atoms with Gasteiger partial charge in [-0.1, -0.05) is 26.0 Å². The van der Waals surface area contributed by atoms with Gasteiger partial charge in [-0.25, -0.2) is 4.98 Å². The van der Waals surface area contributed by atoms with Crippen LogP contribution in [0.5, 0.6) is 5.75 Å². The van der Waals surface area contributed by atoms with E-state index in [0.29, 0.717) is 30.5 Å². The van der Waals surface area contributed by atoms with Crippen LogP contribution in [0.15, 0.2) is 49.1 Å². The van der Waals surface area contributed by atoms with Crippen molar-refractivity contribution in [1.82, 2.24) is 29.9 Å². The Balaban J connectivity index is 1.41. The molecule has 4 aromatic rings. The van der Waals surface area contributed by atoms with Crippen LogP contribution in [0.3, 0.4) is 0 Å². The summed E-state index contributed by atoms with van der Waals surface area (Å²) in [6, 6.07) is 9.15. The first-order chi connectivity index (χ1) is 15.8. The Labute approximate surface area is 187 Å². The lowest BCUT2D eigenvalue weighted by molar-refractivity contribution is -0.140. The summed E-state index contributed by atoms with van der Waals surface area (Å²) in [6.45, 7) is 5.59. The minimum Gasteiger partial charge on any atom is -0.493 e. The first-order valence-corrected chi connectivity index (χ1v) is 10.5. The number of hydrogen-bond donors (Lipinski definition) is 1. The Kier molecular flexibility index (Phi) is 5.15. The smallest absolute Gasteiger partial charge is 0.437 e. The highest BCUT2D eigenvalue weighted by Gasteiger charge is 2.38. The number of rotatable bonds is 5. The molecule has 1 aliphatic rings. The maximum absolute atomic E-state index is 13.2. The van der Waals surface area contributed by atoms with Gasteiger partial charge in [0.25, 0.3) is 0 Å². The molecule has 1 atom stereocenters. The molecule has 3 aromatic heterocycles. The summed E-state index contributed by atoms with van der Waals surface area (Å²) in [5, 5.41) is 8.99. The van der Waals surface area contributed by atoms with Crippen LogP contribution in [0.2, 0.25) is 0 Å². The van der Waals surface area contributed by atoms with Crippen LogP contribution >= 0.6 is 0 Å². The van der Waals surface area contributed by atoms with E-state index in [1.54, 1.807) is 6.33 Å². The van der Waals surface area contributed by atoms with E-state index in [9.17, 15) is 13.2 Å². The van der Waals surface area contributed by atoms with E-state index < -0.39 is 11.9 Å². The van der Waals surface area contributed by atoms with E-state index in [0.717, 1.165) is 5.75 Å². The van der Waals surface area contributed by atoms with Gasteiger partial charge in [0.2, 0.25) is 0 Å². The fraction of sp³-hybridized carbons (Fsp3) is 0.304. The van der Waals surface area contributed by atoms with Crippen molar-refractivity contribution >= 4 is 0 Å². The molecule has 1 aromatic carbocycles. The third-order valence-corrected chi connectivity index (χ3v) is 5.75. The Morgan fingerprint density at radius 2 is 2.00 bits per heavy atom.